The quantitative estimate of drug-likeness (QED) is 0.743. The topological polar surface area (TPSA) is 33.0 Å². The van der Waals surface area contributed by atoms with Crippen LogP contribution in [0.1, 0.15) is 24.8 Å². The molecule has 0 spiro atoms. The molecule has 0 N–H and O–H groups in total. The van der Waals surface area contributed by atoms with E-state index in [0.717, 1.165) is 24.8 Å². The van der Waals surface area contributed by atoms with Crippen molar-refractivity contribution >= 4 is 0 Å². The summed E-state index contributed by atoms with van der Waals surface area (Å²) in [6.07, 6.45) is 2.70. The summed E-state index contributed by atoms with van der Waals surface area (Å²) in [6.45, 7) is 0. The summed E-state index contributed by atoms with van der Waals surface area (Å²) in [5.74, 6) is -0.164. The normalized spacial score (nSPS) is 17.7. The Morgan fingerprint density at radius 3 is 2.60 bits per heavy atom. The van der Waals surface area contributed by atoms with Crippen molar-refractivity contribution in [1.29, 1.82) is 5.26 Å². The minimum Gasteiger partial charge on any atom is -0.494 e. The van der Waals surface area contributed by atoms with Crippen molar-refractivity contribution in [2.24, 2.45) is 0 Å². The minimum atomic E-state index is -0.451. The molecule has 0 aromatic heterocycles. The van der Waals surface area contributed by atoms with E-state index >= 15 is 0 Å². The van der Waals surface area contributed by atoms with Crippen molar-refractivity contribution < 1.29 is 9.13 Å². The molecule has 0 saturated heterocycles. The second kappa shape index (κ2) is 3.54. The molecule has 2 nitrogen and oxygen atoms in total. The third-order valence-corrected chi connectivity index (χ3v) is 3.13. The van der Waals surface area contributed by atoms with Gasteiger partial charge in [0.05, 0.1) is 18.6 Å². The highest BCUT2D eigenvalue weighted by Gasteiger charge is 2.39. The third-order valence-electron chi connectivity index (χ3n) is 3.13. The van der Waals surface area contributed by atoms with Gasteiger partial charge in [0.15, 0.2) is 11.6 Å². The molecule has 78 valence electrons. The van der Waals surface area contributed by atoms with E-state index in [0.29, 0.717) is 0 Å². The van der Waals surface area contributed by atoms with E-state index < -0.39 is 11.2 Å². The molecule has 0 radical (unpaired) electrons. The predicted octanol–water partition coefficient (Wildman–Crippen LogP) is 2.78. The van der Waals surface area contributed by atoms with Gasteiger partial charge in [-0.1, -0.05) is 6.07 Å². The Bertz CT molecular complexity index is 418. The Hall–Kier alpha value is -1.56. The van der Waals surface area contributed by atoms with Gasteiger partial charge in [0.1, 0.15) is 0 Å². The van der Waals surface area contributed by atoms with Crippen LogP contribution in [0.25, 0.3) is 0 Å². The van der Waals surface area contributed by atoms with E-state index in [4.69, 9.17) is 10.00 Å². The Morgan fingerprint density at radius 1 is 1.47 bits per heavy atom. The van der Waals surface area contributed by atoms with Crippen molar-refractivity contribution in [1.82, 2.24) is 0 Å². The van der Waals surface area contributed by atoms with Gasteiger partial charge in [0.2, 0.25) is 0 Å². The van der Waals surface area contributed by atoms with Gasteiger partial charge >= 0.3 is 0 Å². The highest BCUT2D eigenvalue weighted by Crippen LogP contribution is 2.43. The van der Waals surface area contributed by atoms with Crippen molar-refractivity contribution in [2.75, 3.05) is 7.11 Å². The molecule has 1 aromatic rings. The molecular formula is C12H12FNO. The maximum Gasteiger partial charge on any atom is 0.165 e. The molecule has 0 bridgehead atoms. The van der Waals surface area contributed by atoms with Gasteiger partial charge in [-0.2, -0.15) is 5.26 Å². The summed E-state index contributed by atoms with van der Waals surface area (Å²) in [5.41, 5.74) is 0.321. The number of halogens is 1. The zero-order valence-electron chi connectivity index (χ0n) is 8.59. The average Bonchev–Trinajstić information content (AvgIpc) is 2.17. The van der Waals surface area contributed by atoms with Crippen molar-refractivity contribution in [3.8, 4) is 11.8 Å². The maximum atomic E-state index is 13.4. The monoisotopic (exact) mass is 205 g/mol. The largest absolute Gasteiger partial charge is 0.494 e. The molecule has 0 unspecified atom stereocenters. The van der Waals surface area contributed by atoms with Crippen LogP contribution in [0, 0.1) is 17.1 Å². The van der Waals surface area contributed by atoms with E-state index in [-0.39, 0.29) is 5.75 Å². The molecule has 1 aliphatic carbocycles. The number of methoxy groups -OCH3 is 1. The number of nitriles is 1. The maximum absolute atomic E-state index is 13.4. The van der Waals surface area contributed by atoms with E-state index in [1.54, 1.807) is 12.1 Å². The first-order chi connectivity index (χ1) is 7.22. The smallest absolute Gasteiger partial charge is 0.165 e. The van der Waals surface area contributed by atoms with Gasteiger partial charge in [0.25, 0.3) is 0 Å². The van der Waals surface area contributed by atoms with Gasteiger partial charge in [-0.25, -0.2) is 4.39 Å². The van der Waals surface area contributed by atoms with E-state index in [1.807, 2.05) is 0 Å². The molecule has 1 saturated carbocycles. The first-order valence-corrected chi connectivity index (χ1v) is 4.97. The van der Waals surface area contributed by atoms with Crippen LogP contribution in [0.4, 0.5) is 4.39 Å². The summed E-state index contributed by atoms with van der Waals surface area (Å²) in [6, 6.07) is 7.07. The average molecular weight is 205 g/mol. The fourth-order valence-corrected chi connectivity index (χ4v) is 1.96. The molecule has 2 rings (SSSR count). The Labute approximate surface area is 88.3 Å². The number of nitrogens with zero attached hydrogens (tertiary/aromatic N) is 1. The van der Waals surface area contributed by atoms with Gasteiger partial charge in [0, 0.05) is 0 Å². The van der Waals surface area contributed by atoms with Crippen LogP contribution in [0.2, 0.25) is 0 Å². The summed E-state index contributed by atoms with van der Waals surface area (Å²) >= 11 is 0. The molecule has 1 fully saturated rings. The number of hydrogen-bond donors (Lipinski definition) is 0. The second-order valence-corrected chi connectivity index (χ2v) is 3.90. The fraction of sp³-hybridized carbons (Fsp3) is 0.417. The highest BCUT2D eigenvalue weighted by molar-refractivity contribution is 5.39. The van der Waals surface area contributed by atoms with Crippen LogP contribution in [-0.4, -0.2) is 7.11 Å². The van der Waals surface area contributed by atoms with Crippen LogP contribution in [0.15, 0.2) is 18.2 Å². The third kappa shape index (κ3) is 1.46. The lowest BCUT2D eigenvalue weighted by molar-refractivity contribution is 0.321. The predicted molar refractivity (Wildman–Crippen MR) is 54.1 cm³/mol. The molecule has 0 heterocycles. The fourth-order valence-electron chi connectivity index (χ4n) is 1.96. The zero-order chi connectivity index (χ0) is 10.9. The summed E-state index contributed by atoms with van der Waals surface area (Å²) in [7, 11) is 1.43. The molecule has 15 heavy (non-hydrogen) atoms. The standard InChI is InChI=1S/C12H12FNO/c1-15-11-4-3-9(7-10(11)13)12(8-14)5-2-6-12/h3-4,7H,2,5-6H2,1H3. The SMILES string of the molecule is COc1ccc(C2(C#N)CCC2)cc1F. The van der Waals surface area contributed by atoms with E-state index in [1.165, 1.54) is 13.2 Å². The molecule has 3 heteroatoms. The van der Waals surface area contributed by atoms with Crippen LogP contribution in [-0.2, 0) is 5.41 Å². The molecule has 1 aromatic carbocycles. The van der Waals surface area contributed by atoms with Crippen molar-refractivity contribution in [2.45, 2.75) is 24.7 Å². The first-order valence-electron chi connectivity index (χ1n) is 4.97. The van der Waals surface area contributed by atoms with Gasteiger partial charge in [-0.3, -0.25) is 0 Å². The van der Waals surface area contributed by atoms with Crippen LogP contribution in [0.5, 0.6) is 5.75 Å². The van der Waals surface area contributed by atoms with Crippen molar-refractivity contribution in [3.63, 3.8) is 0 Å². The number of benzene rings is 1. The first kappa shape index (κ1) is 9.97. The summed E-state index contributed by atoms with van der Waals surface area (Å²) < 4.78 is 18.3. The minimum absolute atomic E-state index is 0.228. The number of rotatable bonds is 2. The van der Waals surface area contributed by atoms with Crippen LogP contribution < -0.4 is 4.74 Å². The lowest BCUT2D eigenvalue weighted by atomic mass is 9.65. The van der Waals surface area contributed by atoms with E-state index in [9.17, 15) is 4.39 Å². The number of hydrogen-bond acceptors (Lipinski definition) is 2. The second-order valence-electron chi connectivity index (χ2n) is 3.90. The Kier molecular flexibility index (Phi) is 2.36. The lowest BCUT2D eigenvalue weighted by Crippen LogP contribution is -2.32. The zero-order valence-corrected chi connectivity index (χ0v) is 8.59. The van der Waals surface area contributed by atoms with Gasteiger partial charge in [-0.15, -0.1) is 0 Å². The summed E-state index contributed by atoms with van der Waals surface area (Å²) in [5, 5.41) is 9.10. The van der Waals surface area contributed by atoms with Crippen molar-refractivity contribution in [3.05, 3.63) is 29.6 Å². The van der Waals surface area contributed by atoms with Crippen LogP contribution in [0.3, 0.4) is 0 Å². The van der Waals surface area contributed by atoms with Crippen LogP contribution >= 0.6 is 0 Å². The summed E-state index contributed by atoms with van der Waals surface area (Å²) in [4.78, 5) is 0. The molecule has 0 atom stereocenters. The number of ether oxygens (including phenoxy) is 1. The van der Waals surface area contributed by atoms with E-state index in [2.05, 4.69) is 6.07 Å². The molecule has 1 aliphatic rings. The molecular weight excluding hydrogens is 193 g/mol. The van der Waals surface area contributed by atoms with Gasteiger partial charge in [-0.05, 0) is 37.0 Å². The Morgan fingerprint density at radius 2 is 2.20 bits per heavy atom. The molecule has 0 aliphatic heterocycles. The molecule has 0 amide bonds. The highest BCUT2D eigenvalue weighted by atomic mass is 19.1. The van der Waals surface area contributed by atoms with Gasteiger partial charge < -0.3 is 4.74 Å². The Balaban J connectivity index is 2.38. The lowest BCUT2D eigenvalue weighted by Gasteiger charge is -2.35.